The second-order valence-electron chi connectivity index (χ2n) is 6.23. The number of nitriles is 1. The van der Waals surface area contributed by atoms with E-state index in [0.717, 1.165) is 11.4 Å². The van der Waals surface area contributed by atoms with Gasteiger partial charge in [-0.2, -0.15) is 5.26 Å². The Morgan fingerprint density at radius 2 is 1.76 bits per heavy atom. The summed E-state index contributed by atoms with van der Waals surface area (Å²) in [6.07, 6.45) is 0. The third-order valence-corrected chi connectivity index (χ3v) is 4.08. The number of rotatable bonds is 5. The molecule has 0 heterocycles. The van der Waals surface area contributed by atoms with Crippen LogP contribution in [0.4, 0.5) is 5.69 Å². The Bertz CT molecular complexity index is 926. The number of carbonyl (C=O) groups is 1. The molecule has 1 atom stereocenters. The van der Waals surface area contributed by atoms with Crippen molar-refractivity contribution in [1.82, 2.24) is 0 Å². The van der Waals surface area contributed by atoms with Crippen LogP contribution < -0.4 is 10.2 Å². The maximum atomic E-state index is 12.2. The number of nitrogens with one attached hydrogen (secondary N) is 2. The first kappa shape index (κ1) is 16.7. The van der Waals surface area contributed by atoms with E-state index < -0.39 is 0 Å². The molecule has 0 fully saturated rings. The monoisotopic (exact) mass is 330 g/mol. The Morgan fingerprint density at radius 3 is 2.48 bits per heavy atom. The Labute approximate surface area is 147 Å². The molecule has 3 aromatic carbocycles. The van der Waals surface area contributed by atoms with Crippen molar-refractivity contribution < 1.29 is 9.69 Å². The smallest absolute Gasteiger partial charge is 0.279 e. The van der Waals surface area contributed by atoms with Crippen molar-refractivity contribution >= 4 is 22.4 Å². The van der Waals surface area contributed by atoms with Crippen LogP contribution >= 0.6 is 0 Å². The van der Waals surface area contributed by atoms with Crippen LogP contribution in [0, 0.1) is 11.3 Å². The van der Waals surface area contributed by atoms with Gasteiger partial charge in [-0.25, -0.2) is 0 Å². The van der Waals surface area contributed by atoms with Gasteiger partial charge in [0.05, 0.1) is 18.7 Å². The maximum Gasteiger partial charge on any atom is 0.279 e. The van der Waals surface area contributed by atoms with Gasteiger partial charge in [0.15, 0.2) is 6.54 Å². The normalized spacial score (nSPS) is 11.7. The molecule has 4 nitrogen and oxygen atoms in total. The first-order valence-electron chi connectivity index (χ1n) is 8.23. The number of carbonyl (C=O) groups excluding carboxylic acids is 1. The van der Waals surface area contributed by atoms with Crippen molar-refractivity contribution in [3.05, 3.63) is 77.9 Å². The van der Waals surface area contributed by atoms with Gasteiger partial charge in [0.25, 0.3) is 5.91 Å². The number of fused-ring (bicyclic) bond motifs is 1. The second kappa shape index (κ2) is 7.61. The van der Waals surface area contributed by atoms with Gasteiger partial charge >= 0.3 is 0 Å². The highest BCUT2D eigenvalue weighted by atomic mass is 16.2. The molecule has 1 unspecified atom stereocenters. The Balaban J connectivity index is 1.57. The molecule has 0 saturated heterocycles. The summed E-state index contributed by atoms with van der Waals surface area (Å²) in [5, 5.41) is 14.1. The quantitative estimate of drug-likeness (QED) is 0.754. The van der Waals surface area contributed by atoms with Crippen LogP contribution in [0.15, 0.2) is 66.7 Å². The van der Waals surface area contributed by atoms with Gasteiger partial charge in [-0.15, -0.1) is 0 Å². The molecule has 0 spiro atoms. The third-order valence-electron chi connectivity index (χ3n) is 4.08. The Kier molecular flexibility index (Phi) is 5.08. The molecule has 0 aliphatic carbocycles. The lowest BCUT2D eigenvalue weighted by Gasteiger charge is -2.14. The zero-order valence-corrected chi connectivity index (χ0v) is 14.1. The van der Waals surface area contributed by atoms with E-state index in [1.165, 1.54) is 16.3 Å². The molecular formula is C21H20N3O+. The minimum absolute atomic E-state index is 0.0389. The summed E-state index contributed by atoms with van der Waals surface area (Å²) in [6, 6.07) is 23.6. The van der Waals surface area contributed by atoms with E-state index in [2.05, 4.69) is 41.7 Å². The lowest BCUT2D eigenvalue weighted by Crippen LogP contribution is -3.08. The number of benzene rings is 3. The number of hydrogen-bond acceptors (Lipinski definition) is 2. The van der Waals surface area contributed by atoms with Gasteiger partial charge in [-0.1, -0.05) is 36.4 Å². The molecule has 25 heavy (non-hydrogen) atoms. The zero-order chi connectivity index (χ0) is 17.6. The summed E-state index contributed by atoms with van der Waals surface area (Å²) in [7, 11) is 2.01. The predicted octanol–water partition coefficient (Wildman–Crippen LogP) is 2.36. The number of likely N-dealkylation sites (N-methyl/N-ethyl adjacent to an activating group) is 1. The summed E-state index contributed by atoms with van der Waals surface area (Å²) < 4.78 is 0. The number of anilines is 1. The minimum atomic E-state index is -0.0389. The molecule has 0 saturated carbocycles. The number of amides is 1. The average molecular weight is 330 g/mol. The van der Waals surface area contributed by atoms with Crippen molar-refractivity contribution in [2.75, 3.05) is 18.9 Å². The van der Waals surface area contributed by atoms with Crippen LogP contribution in [0.1, 0.15) is 11.1 Å². The molecule has 124 valence electrons. The van der Waals surface area contributed by atoms with E-state index in [9.17, 15) is 4.79 Å². The molecule has 0 aliphatic heterocycles. The SMILES string of the molecule is C[NH+](CC(=O)Nc1ccc(C#N)cc1)Cc1ccc2ccccc2c1. The first-order valence-corrected chi connectivity index (χ1v) is 8.23. The van der Waals surface area contributed by atoms with Crippen LogP contribution in [0.25, 0.3) is 10.8 Å². The molecule has 0 aromatic heterocycles. The highest BCUT2D eigenvalue weighted by Crippen LogP contribution is 2.15. The summed E-state index contributed by atoms with van der Waals surface area (Å²) in [5.41, 5.74) is 2.50. The van der Waals surface area contributed by atoms with E-state index in [4.69, 9.17) is 5.26 Å². The van der Waals surface area contributed by atoms with Crippen molar-refractivity contribution in [3.8, 4) is 6.07 Å². The molecule has 0 bridgehead atoms. The molecule has 0 aliphatic rings. The van der Waals surface area contributed by atoms with Gasteiger partial charge < -0.3 is 10.2 Å². The van der Waals surface area contributed by atoms with Crippen molar-refractivity contribution in [2.45, 2.75) is 6.54 Å². The number of hydrogen-bond donors (Lipinski definition) is 2. The molecule has 3 aromatic rings. The van der Waals surface area contributed by atoms with E-state index >= 15 is 0 Å². The highest BCUT2D eigenvalue weighted by Gasteiger charge is 2.11. The average Bonchev–Trinajstić information content (AvgIpc) is 2.62. The lowest BCUT2D eigenvalue weighted by molar-refractivity contribution is -0.885. The minimum Gasteiger partial charge on any atom is -0.326 e. The van der Waals surface area contributed by atoms with Crippen LogP contribution in [-0.2, 0) is 11.3 Å². The fourth-order valence-electron chi connectivity index (χ4n) is 2.87. The molecule has 2 N–H and O–H groups in total. The topological polar surface area (TPSA) is 57.3 Å². The van der Waals surface area contributed by atoms with Crippen molar-refractivity contribution in [2.24, 2.45) is 0 Å². The number of nitrogens with zero attached hydrogens (tertiary/aromatic N) is 1. The van der Waals surface area contributed by atoms with E-state index in [1.807, 2.05) is 19.2 Å². The van der Waals surface area contributed by atoms with Gasteiger partial charge in [0.2, 0.25) is 0 Å². The standard InChI is InChI=1S/C21H19N3O/c1-24(14-17-6-9-18-4-2-3-5-19(18)12-17)15-21(25)23-20-10-7-16(13-22)8-11-20/h2-12H,14-15H2,1H3,(H,23,25)/p+1. The number of quaternary nitrogens is 1. The van der Waals surface area contributed by atoms with E-state index in [0.29, 0.717) is 17.8 Å². The Hall–Kier alpha value is -3.16. The summed E-state index contributed by atoms with van der Waals surface area (Å²) in [6.45, 7) is 1.17. The van der Waals surface area contributed by atoms with Crippen molar-refractivity contribution in [1.29, 1.82) is 5.26 Å². The molecular weight excluding hydrogens is 310 g/mol. The summed E-state index contributed by atoms with van der Waals surface area (Å²) in [4.78, 5) is 13.3. The second-order valence-corrected chi connectivity index (χ2v) is 6.23. The van der Waals surface area contributed by atoms with E-state index in [-0.39, 0.29) is 5.91 Å². The van der Waals surface area contributed by atoms with Gasteiger partial charge in [-0.3, -0.25) is 4.79 Å². The van der Waals surface area contributed by atoms with Gasteiger partial charge in [0, 0.05) is 11.3 Å². The van der Waals surface area contributed by atoms with E-state index in [1.54, 1.807) is 24.3 Å². The zero-order valence-electron chi connectivity index (χ0n) is 14.1. The first-order chi connectivity index (χ1) is 12.1. The lowest BCUT2D eigenvalue weighted by atomic mass is 10.1. The van der Waals surface area contributed by atoms with Crippen LogP contribution in [0.5, 0.6) is 0 Å². The molecule has 4 heteroatoms. The maximum absolute atomic E-state index is 12.2. The molecule has 3 rings (SSSR count). The molecule has 0 radical (unpaired) electrons. The van der Waals surface area contributed by atoms with Crippen LogP contribution in [0.3, 0.4) is 0 Å². The highest BCUT2D eigenvalue weighted by molar-refractivity contribution is 5.91. The predicted molar refractivity (Wildman–Crippen MR) is 99.2 cm³/mol. The summed E-state index contributed by atoms with van der Waals surface area (Å²) >= 11 is 0. The molecule has 1 amide bonds. The van der Waals surface area contributed by atoms with Gasteiger partial charge in [-0.05, 0) is 41.1 Å². The fourth-order valence-corrected chi connectivity index (χ4v) is 2.87. The Morgan fingerprint density at radius 1 is 1.04 bits per heavy atom. The van der Waals surface area contributed by atoms with Crippen LogP contribution in [-0.4, -0.2) is 19.5 Å². The fraction of sp³-hybridized carbons (Fsp3) is 0.143. The summed E-state index contributed by atoms with van der Waals surface area (Å²) in [5.74, 6) is -0.0389. The van der Waals surface area contributed by atoms with Crippen LogP contribution in [0.2, 0.25) is 0 Å². The van der Waals surface area contributed by atoms with Gasteiger partial charge in [0.1, 0.15) is 6.54 Å². The largest absolute Gasteiger partial charge is 0.326 e. The third kappa shape index (κ3) is 4.43. The van der Waals surface area contributed by atoms with Crippen molar-refractivity contribution in [3.63, 3.8) is 0 Å².